The highest BCUT2D eigenvalue weighted by molar-refractivity contribution is 9.10. The van der Waals surface area contributed by atoms with E-state index in [9.17, 15) is 0 Å². The predicted octanol–water partition coefficient (Wildman–Crippen LogP) is 4.45. The molecular weight excluding hydrogens is 302 g/mol. The van der Waals surface area contributed by atoms with Crippen molar-refractivity contribution in [1.82, 2.24) is 5.32 Å². The Bertz CT molecular complexity index is 345. The van der Waals surface area contributed by atoms with Gasteiger partial charge in [-0.1, -0.05) is 6.92 Å². The van der Waals surface area contributed by atoms with E-state index in [1.165, 1.54) is 28.6 Å². The van der Waals surface area contributed by atoms with E-state index in [0.29, 0.717) is 10.8 Å². The van der Waals surface area contributed by atoms with Gasteiger partial charge < -0.3 is 5.32 Å². The van der Waals surface area contributed by atoms with Crippen molar-refractivity contribution in [2.75, 3.05) is 12.3 Å². The standard InChI is InChI=1S/C12H18BrNS2/c1-3-14-11(9-7-15-8-10(9)13)12(2)5-4-6-16-12/h7-8,11,14H,3-6H2,1-2H3. The summed E-state index contributed by atoms with van der Waals surface area (Å²) in [5.74, 6) is 1.31. The van der Waals surface area contributed by atoms with Crippen LogP contribution in [0.25, 0.3) is 0 Å². The fourth-order valence-corrected chi connectivity index (χ4v) is 5.36. The van der Waals surface area contributed by atoms with Crippen molar-refractivity contribution in [1.29, 1.82) is 0 Å². The minimum Gasteiger partial charge on any atom is -0.309 e. The number of thioether (sulfide) groups is 1. The molecule has 2 rings (SSSR count). The molecule has 1 fully saturated rings. The molecule has 1 aromatic rings. The summed E-state index contributed by atoms with van der Waals surface area (Å²) in [5.41, 5.74) is 1.43. The third-order valence-corrected chi connectivity index (χ3v) is 6.57. The topological polar surface area (TPSA) is 12.0 Å². The summed E-state index contributed by atoms with van der Waals surface area (Å²) in [7, 11) is 0. The first-order valence-corrected chi connectivity index (χ1v) is 8.48. The van der Waals surface area contributed by atoms with Gasteiger partial charge in [0, 0.05) is 20.6 Å². The van der Waals surface area contributed by atoms with E-state index >= 15 is 0 Å². The average molecular weight is 320 g/mol. The molecule has 0 aliphatic carbocycles. The van der Waals surface area contributed by atoms with Gasteiger partial charge in [0.05, 0.1) is 0 Å². The fraction of sp³-hybridized carbons (Fsp3) is 0.667. The van der Waals surface area contributed by atoms with E-state index in [1.54, 1.807) is 11.3 Å². The van der Waals surface area contributed by atoms with Crippen molar-refractivity contribution < 1.29 is 0 Å². The second kappa shape index (κ2) is 5.42. The van der Waals surface area contributed by atoms with Crippen LogP contribution in [0.15, 0.2) is 15.2 Å². The lowest BCUT2D eigenvalue weighted by Crippen LogP contribution is -2.37. The Labute approximate surface area is 115 Å². The van der Waals surface area contributed by atoms with E-state index in [-0.39, 0.29) is 0 Å². The SMILES string of the molecule is CCNC(c1cscc1Br)C1(C)CCCS1. The smallest absolute Gasteiger partial charge is 0.0486 e. The van der Waals surface area contributed by atoms with Crippen LogP contribution in [-0.4, -0.2) is 17.0 Å². The molecule has 1 aliphatic heterocycles. The van der Waals surface area contributed by atoms with Gasteiger partial charge in [0.15, 0.2) is 0 Å². The zero-order valence-corrected chi connectivity index (χ0v) is 13.0. The third kappa shape index (κ3) is 2.50. The fourth-order valence-electron chi connectivity index (χ4n) is 2.38. The molecule has 0 spiro atoms. The highest BCUT2D eigenvalue weighted by Gasteiger charge is 2.39. The average Bonchev–Trinajstić information content (AvgIpc) is 2.85. The van der Waals surface area contributed by atoms with Crippen LogP contribution in [0, 0.1) is 0 Å². The van der Waals surface area contributed by atoms with Crippen LogP contribution in [0.4, 0.5) is 0 Å². The van der Waals surface area contributed by atoms with Gasteiger partial charge in [-0.15, -0.1) is 0 Å². The van der Waals surface area contributed by atoms with Crippen LogP contribution < -0.4 is 5.32 Å². The second-order valence-corrected chi connectivity index (χ2v) is 7.66. The minimum absolute atomic E-state index is 0.361. The summed E-state index contributed by atoms with van der Waals surface area (Å²) in [5, 5.41) is 8.13. The normalized spacial score (nSPS) is 27.2. The van der Waals surface area contributed by atoms with Crippen molar-refractivity contribution >= 4 is 39.0 Å². The lowest BCUT2D eigenvalue weighted by molar-refractivity contribution is 0.421. The maximum atomic E-state index is 3.67. The molecule has 0 bridgehead atoms. The van der Waals surface area contributed by atoms with E-state index in [0.717, 1.165) is 6.54 Å². The molecule has 0 radical (unpaired) electrons. The summed E-state index contributed by atoms with van der Waals surface area (Å²) in [4.78, 5) is 0. The molecule has 16 heavy (non-hydrogen) atoms. The molecule has 0 saturated carbocycles. The number of hydrogen-bond acceptors (Lipinski definition) is 3. The molecule has 1 N–H and O–H groups in total. The van der Waals surface area contributed by atoms with Gasteiger partial charge >= 0.3 is 0 Å². The van der Waals surface area contributed by atoms with Crippen LogP contribution in [-0.2, 0) is 0 Å². The molecule has 2 atom stereocenters. The summed E-state index contributed by atoms with van der Waals surface area (Å²) in [6.07, 6.45) is 2.67. The van der Waals surface area contributed by atoms with Crippen LogP contribution >= 0.6 is 39.0 Å². The van der Waals surface area contributed by atoms with Crippen LogP contribution in [0.2, 0.25) is 0 Å². The van der Waals surface area contributed by atoms with Gasteiger partial charge in [0.1, 0.15) is 0 Å². The maximum Gasteiger partial charge on any atom is 0.0486 e. The zero-order valence-electron chi connectivity index (χ0n) is 9.75. The molecular formula is C12H18BrNS2. The first-order chi connectivity index (χ1) is 7.67. The van der Waals surface area contributed by atoms with Gasteiger partial charge in [-0.2, -0.15) is 23.1 Å². The Morgan fingerprint density at radius 3 is 2.88 bits per heavy atom. The van der Waals surface area contributed by atoms with Crippen molar-refractivity contribution in [2.24, 2.45) is 0 Å². The first-order valence-electron chi connectivity index (χ1n) is 5.76. The number of nitrogens with one attached hydrogen (secondary N) is 1. The first kappa shape index (κ1) is 12.9. The molecule has 1 aliphatic rings. The van der Waals surface area contributed by atoms with Gasteiger partial charge in [-0.25, -0.2) is 0 Å². The molecule has 1 saturated heterocycles. The monoisotopic (exact) mass is 319 g/mol. The van der Waals surface area contributed by atoms with E-state index < -0.39 is 0 Å². The third-order valence-electron chi connectivity index (χ3n) is 3.22. The number of rotatable bonds is 4. The van der Waals surface area contributed by atoms with E-state index in [1.807, 2.05) is 0 Å². The van der Waals surface area contributed by atoms with Crippen LogP contribution in [0.1, 0.15) is 38.3 Å². The summed E-state index contributed by atoms with van der Waals surface area (Å²) < 4.78 is 1.62. The lowest BCUT2D eigenvalue weighted by Gasteiger charge is -2.34. The Hall–Kier alpha value is 0.490. The zero-order chi connectivity index (χ0) is 11.6. The molecule has 1 nitrogen and oxygen atoms in total. The molecule has 2 unspecified atom stereocenters. The number of halogens is 1. The van der Waals surface area contributed by atoms with Crippen LogP contribution in [0.3, 0.4) is 0 Å². The van der Waals surface area contributed by atoms with Gasteiger partial charge in [-0.05, 0) is 58.9 Å². The highest BCUT2D eigenvalue weighted by Crippen LogP contribution is 2.48. The van der Waals surface area contributed by atoms with Crippen molar-refractivity contribution in [2.45, 2.75) is 37.5 Å². The molecule has 2 heterocycles. The summed E-state index contributed by atoms with van der Waals surface area (Å²) in [6.45, 7) is 5.63. The second-order valence-electron chi connectivity index (χ2n) is 4.43. The molecule has 0 amide bonds. The largest absolute Gasteiger partial charge is 0.309 e. The molecule has 4 heteroatoms. The Morgan fingerprint density at radius 1 is 1.56 bits per heavy atom. The van der Waals surface area contributed by atoms with E-state index in [4.69, 9.17) is 0 Å². The van der Waals surface area contributed by atoms with Gasteiger partial charge in [0.25, 0.3) is 0 Å². The molecule has 0 aromatic carbocycles. The van der Waals surface area contributed by atoms with Crippen molar-refractivity contribution in [3.8, 4) is 0 Å². The van der Waals surface area contributed by atoms with Gasteiger partial charge in [0.2, 0.25) is 0 Å². The molecule has 1 aromatic heterocycles. The summed E-state index contributed by atoms with van der Waals surface area (Å²) >= 11 is 7.57. The van der Waals surface area contributed by atoms with Gasteiger partial charge in [-0.3, -0.25) is 0 Å². The number of thiophene rings is 1. The summed E-state index contributed by atoms with van der Waals surface area (Å²) in [6, 6.07) is 0.477. The Morgan fingerprint density at radius 2 is 2.38 bits per heavy atom. The Kier molecular flexibility index (Phi) is 4.38. The Balaban J connectivity index is 2.26. The molecule has 90 valence electrons. The lowest BCUT2D eigenvalue weighted by atomic mass is 9.92. The highest BCUT2D eigenvalue weighted by atomic mass is 79.9. The minimum atomic E-state index is 0.361. The van der Waals surface area contributed by atoms with E-state index in [2.05, 4.69) is 57.6 Å². The maximum absolute atomic E-state index is 3.67. The predicted molar refractivity (Wildman–Crippen MR) is 78.5 cm³/mol. The van der Waals surface area contributed by atoms with Crippen molar-refractivity contribution in [3.63, 3.8) is 0 Å². The quantitative estimate of drug-likeness (QED) is 0.880. The number of hydrogen-bond donors (Lipinski definition) is 1. The van der Waals surface area contributed by atoms with Crippen LogP contribution in [0.5, 0.6) is 0 Å². The van der Waals surface area contributed by atoms with Crippen molar-refractivity contribution in [3.05, 3.63) is 20.8 Å².